The lowest BCUT2D eigenvalue weighted by Crippen LogP contribution is -2.48. The van der Waals surface area contributed by atoms with Crippen LogP contribution in [0.4, 0.5) is 0 Å². The van der Waals surface area contributed by atoms with Gasteiger partial charge in [-0.05, 0) is 7.05 Å². The van der Waals surface area contributed by atoms with Crippen molar-refractivity contribution in [1.29, 1.82) is 0 Å². The fraction of sp³-hybridized carbons (Fsp3) is 0.889. The molecule has 82 valence electrons. The molecule has 1 heterocycles. The van der Waals surface area contributed by atoms with Gasteiger partial charge >= 0.3 is 0 Å². The average molecular weight is 201 g/mol. The van der Waals surface area contributed by atoms with Gasteiger partial charge in [0.05, 0.1) is 12.5 Å². The normalized spacial score (nSPS) is 20.9. The number of nitrogens with two attached hydrogens (primary N) is 1. The first-order valence-electron chi connectivity index (χ1n) is 4.98. The van der Waals surface area contributed by atoms with E-state index in [9.17, 15) is 9.90 Å². The van der Waals surface area contributed by atoms with Gasteiger partial charge < -0.3 is 20.6 Å². The Labute approximate surface area is 84.5 Å². The fourth-order valence-electron chi connectivity index (χ4n) is 1.47. The molecular weight excluding hydrogens is 182 g/mol. The van der Waals surface area contributed by atoms with Gasteiger partial charge in [0.2, 0.25) is 5.91 Å². The van der Waals surface area contributed by atoms with E-state index in [0.29, 0.717) is 0 Å². The van der Waals surface area contributed by atoms with Gasteiger partial charge in [0.15, 0.2) is 0 Å². The first kappa shape index (κ1) is 11.4. The Kier molecular flexibility index (Phi) is 4.31. The lowest BCUT2D eigenvalue weighted by Gasteiger charge is -2.32. The number of rotatable bonds is 3. The molecule has 1 atom stereocenters. The zero-order valence-corrected chi connectivity index (χ0v) is 8.65. The summed E-state index contributed by atoms with van der Waals surface area (Å²) in [4.78, 5) is 15.5. The van der Waals surface area contributed by atoms with Crippen LogP contribution in [0.25, 0.3) is 0 Å². The highest BCUT2D eigenvalue weighted by molar-refractivity contribution is 5.76. The Morgan fingerprint density at radius 2 is 2.00 bits per heavy atom. The maximum Gasteiger partial charge on any atom is 0.225 e. The minimum absolute atomic E-state index is 0.0102. The van der Waals surface area contributed by atoms with E-state index in [2.05, 4.69) is 4.90 Å². The number of hydrogen-bond acceptors (Lipinski definition) is 4. The van der Waals surface area contributed by atoms with Crippen molar-refractivity contribution < 1.29 is 9.90 Å². The Bertz CT molecular complexity index is 190. The van der Waals surface area contributed by atoms with Gasteiger partial charge in [-0.25, -0.2) is 0 Å². The summed E-state index contributed by atoms with van der Waals surface area (Å²) < 4.78 is 0. The first-order valence-corrected chi connectivity index (χ1v) is 4.98. The number of aliphatic hydroxyl groups excluding tert-OH is 1. The van der Waals surface area contributed by atoms with Crippen LogP contribution in [0.3, 0.4) is 0 Å². The maximum absolute atomic E-state index is 11.6. The molecule has 5 nitrogen and oxygen atoms in total. The highest BCUT2D eigenvalue weighted by Gasteiger charge is 2.20. The molecule has 1 aliphatic rings. The largest absolute Gasteiger partial charge is 0.391 e. The first-order chi connectivity index (χ1) is 6.63. The SMILES string of the molecule is CN1CCN(C(=O)CC(O)CN)CC1. The highest BCUT2D eigenvalue weighted by Crippen LogP contribution is 2.03. The topological polar surface area (TPSA) is 69.8 Å². The molecule has 1 rings (SSSR count). The summed E-state index contributed by atoms with van der Waals surface area (Å²) in [5.41, 5.74) is 5.24. The molecule has 1 aliphatic heterocycles. The molecule has 3 N–H and O–H groups in total. The number of aliphatic hydroxyl groups is 1. The van der Waals surface area contributed by atoms with Crippen LogP contribution in [-0.4, -0.2) is 66.7 Å². The van der Waals surface area contributed by atoms with Crippen LogP contribution < -0.4 is 5.73 Å². The number of piperazine rings is 1. The van der Waals surface area contributed by atoms with E-state index in [1.54, 1.807) is 4.90 Å². The second-order valence-corrected chi connectivity index (χ2v) is 3.78. The molecule has 0 aromatic carbocycles. The van der Waals surface area contributed by atoms with E-state index < -0.39 is 6.10 Å². The molecule has 0 radical (unpaired) electrons. The van der Waals surface area contributed by atoms with E-state index >= 15 is 0 Å². The number of carbonyl (C=O) groups is 1. The second kappa shape index (κ2) is 5.29. The minimum atomic E-state index is -0.692. The Balaban J connectivity index is 2.30. The van der Waals surface area contributed by atoms with E-state index in [1.165, 1.54) is 0 Å². The maximum atomic E-state index is 11.6. The summed E-state index contributed by atoms with van der Waals surface area (Å²) in [5, 5.41) is 9.23. The van der Waals surface area contributed by atoms with Crippen LogP contribution in [0.15, 0.2) is 0 Å². The number of carbonyl (C=O) groups excluding carboxylic acids is 1. The molecule has 0 spiro atoms. The summed E-state index contributed by atoms with van der Waals surface area (Å²) in [6, 6.07) is 0. The number of nitrogens with zero attached hydrogens (tertiary/aromatic N) is 2. The summed E-state index contributed by atoms with van der Waals surface area (Å²) in [5.74, 6) is 0.0102. The summed E-state index contributed by atoms with van der Waals surface area (Å²) in [6.45, 7) is 3.48. The number of amides is 1. The van der Waals surface area contributed by atoms with Crippen molar-refractivity contribution in [2.45, 2.75) is 12.5 Å². The Morgan fingerprint density at radius 3 is 2.50 bits per heavy atom. The molecule has 1 saturated heterocycles. The van der Waals surface area contributed by atoms with Crippen molar-refractivity contribution in [2.75, 3.05) is 39.8 Å². The van der Waals surface area contributed by atoms with E-state index in [-0.39, 0.29) is 18.9 Å². The van der Waals surface area contributed by atoms with Crippen molar-refractivity contribution >= 4 is 5.91 Å². The van der Waals surface area contributed by atoms with Crippen LogP contribution >= 0.6 is 0 Å². The van der Waals surface area contributed by atoms with E-state index in [0.717, 1.165) is 26.2 Å². The quantitative estimate of drug-likeness (QED) is 0.581. The molecule has 0 aliphatic carbocycles. The van der Waals surface area contributed by atoms with Crippen LogP contribution in [0.2, 0.25) is 0 Å². The van der Waals surface area contributed by atoms with Crippen molar-refractivity contribution in [1.82, 2.24) is 9.80 Å². The van der Waals surface area contributed by atoms with Gasteiger partial charge in [-0.3, -0.25) is 4.79 Å². The molecule has 0 saturated carbocycles. The summed E-state index contributed by atoms with van der Waals surface area (Å²) in [7, 11) is 2.04. The summed E-state index contributed by atoms with van der Waals surface area (Å²) in [6.07, 6.45) is -0.539. The molecule has 0 bridgehead atoms. The third-order valence-corrected chi connectivity index (χ3v) is 2.54. The molecule has 1 amide bonds. The zero-order chi connectivity index (χ0) is 10.6. The number of likely N-dealkylation sites (N-methyl/N-ethyl adjacent to an activating group) is 1. The van der Waals surface area contributed by atoms with Crippen LogP contribution in [-0.2, 0) is 4.79 Å². The molecule has 0 aromatic rings. The smallest absolute Gasteiger partial charge is 0.225 e. The third kappa shape index (κ3) is 3.25. The van der Waals surface area contributed by atoms with Gasteiger partial charge in [-0.2, -0.15) is 0 Å². The van der Waals surface area contributed by atoms with Crippen LogP contribution in [0.1, 0.15) is 6.42 Å². The molecule has 1 unspecified atom stereocenters. The monoisotopic (exact) mass is 201 g/mol. The minimum Gasteiger partial charge on any atom is -0.391 e. The van der Waals surface area contributed by atoms with Gasteiger partial charge in [0, 0.05) is 32.7 Å². The van der Waals surface area contributed by atoms with Crippen molar-refractivity contribution in [3.8, 4) is 0 Å². The molecule has 5 heteroatoms. The number of hydrogen-bond donors (Lipinski definition) is 2. The lowest BCUT2D eigenvalue weighted by molar-refractivity contribution is -0.134. The van der Waals surface area contributed by atoms with E-state index in [1.807, 2.05) is 7.05 Å². The molecular formula is C9H19N3O2. The highest BCUT2D eigenvalue weighted by atomic mass is 16.3. The van der Waals surface area contributed by atoms with Gasteiger partial charge in [0.1, 0.15) is 0 Å². The van der Waals surface area contributed by atoms with Crippen molar-refractivity contribution in [3.63, 3.8) is 0 Å². The Hall–Kier alpha value is -0.650. The summed E-state index contributed by atoms with van der Waals surface area (Å²) >= 11 is 0. The standard InChI is InChI=1S/C9H19N3O2/c1-11-2-4-12(5-3-11)9(14)6-8(13)7-10/h8,13H,2-7,10H2,1H3. The van der Waals surface area contributed by atoms with Gasteiger partial charge in [-0.1, -0.05) is 0 Å². The Morgan fingerprint density at radius 1 is 1.43 bits per heavy atom. The van der Waals surface area contributed by atoms with Crippen molar-refractivity contribution in [3.05, 3.63) is 0 Å². The van der Waals surface area contributed by atoms with Gasteiger partial charge in [0.25, 0.3) is 0 Å². The average Bonchev–Trinajstić information content (AvgIpc) is 2.18. The predicted octanol–water partition coefficient (Wildman–Crippen LogP) is -1.53. The third-order valence-electron chi connectivity index (χ3n) is 2.54. The van der Waals surface area contributed by atoms with E-state index in [4.69, 9.17) is 5.73 Å². The zero-order valence-electron chi connectivity index (χ0n) is 8.65. The van der Waals surface area contributed by atoms with Gasteiger partial charge in [-0.15, -0.1) is 0 Å². The van der Waals surface area contributed by atoms with Crippen molar-refractivity contribution in [2.24, 2.45) is 5.73 Å². The lowest BCUT2D eigenvalue weighted by atomic mass is 10.2. The molecule has 0 aromatic heterocycles. The second-order valence-electron chi connectivity index (χ2n) is 3.78. The van der Waals surface area contributed by atoms with Crippen LogP contribution in [0, 0.1) is 0 Å². The molecule has 14 heavy (non-hydrogen) atoms. The fourth-order valence-corrected chi connectivity index (χ4v) is 1.47. The molecule has 1 fully saturated rings. The predicted molar refractivity (Wildman–Crippen MR) is 53.8 cm³/mol. The van der Waals surface area contributed by atoms with Crippen LogP contribution in [0.5, 0.6) is 0 Å².